The van der Waals surface area contributed by atoms with Crippen molar-refractivity contribution in [2.24, 2.45) is 0 Å². The van der Waals surface area contributed by atoms with Crippen molar-refractivity contribution in [3.05, 3.63) is 34.3 Å². The summed E-state index contributed by atoms with van der Waals surface area (Å²) in [6, 6.07) is 9.61. The van der Waals surface area contributed by atoms with Crippen molar-refractivity contribution in [3.8, 4) is 0 Å². The highest BCUT2D eigenvalue weighted by Crippen LogP contribution is 2.38. The molecule has 2 unspecified atom stereocenters. The molecular formula is C16H22BrNOS. The molecule has 2 heterocycles. The Kier molecular flexibility index (Phi) is 4.75. The second kappa shape index (κ2) is 6.39. The molecule has 110 valence electrons. The number of halogens is 1. The van der Waals surface area contributed by atoms with Gasteiger partial charge in [-0.05, 0) is 49.6 Å². The molecule has 0 amide bonds. The quantitative estimate of drug-likeness (QED) is 0.879. The Morgan fingerprint density at radius 2 is 2.20 bits per heavy atom. The molecule has 2 saturated heterocycles. The average Bonchev–Trinajstić information content (AvgIpc) is 2.87. The van der Waals surface area contributed by atoms with Crippen LogP contribution in [0.15, 0.2) is 28.7 Å². The lowest BCUT2D eigenvalue weighted by molar-refractivity contribution is -0.0711. The Labute approximate surface area is 134 Å². The molecule has 2 aliphatic heterocycles. The Balaban J connectivity index is 1.60. The van der Waals surface area contributed by atoms with Crippen LogP contribution in [0.4, 0.5) is 0 Å². The molecule has 2 aliphatic rings. The van der Waals surface area contributed by atoms with Crippen molar-refractivity contribution >= 4 is 27.7 Å². The van der Waals surface area contributed by atoms with E-state index in [-0.39, 0.29) is 5.60 Å². The van der Waals surface area contributed by atoms with Crippen LogP contribution in [-0.2, 0) is 4.74 Å². The van der Waals surface area contributed by atoms with Crippen LogP contribution in [-0.4, -0.2) is 29.8 Å². The zero-order valence-electron chi connectivity index (χ0n) is 11.9. The van der Waals surface area contributed by atoms with Crippen molar-refractivity contribution in [1.82, 2.24) is 5.32 Å². The highest BCUT2D eigenvalue weighted by Gasteiger charge is 2.40. The second-order valence-corrected chi connectivity index (χ2v) is 7.98. The summed E-state index contributed by atoms with van der Waals surface area (Å²) in [5.41, 5.74) is 1.52. The van der Waals surface area contributed by atoms with Gasteiger partial charge in [-0.25, -0.2) is 0 Å². The molecule has 0 radical (unpaired) electrons. The lowest BCUT2D eigenvalue weighted by atomic mass is 9.89. The van der Waals surface area contributed by atoms with Gasteiger partial charge in [0.1, 0.15) is 0 Å². The number of hydrogen-bond donors (Lipinski definition) is 1. The van der Waals surface area contributed by atoms with Gasteiger partial charge in [-0.1, -0.05) is 28.1 Å². The van der Waals surface area contributed by atoms with E-state index in [1.54, 1.807) is 0 Å². The first-order valence-electron chi connectivity index (χ1n) is 7.40. The Morgan fingerprint density at radius 3 is 2.90 bits per heavy atom. The maximum Gasteiger partial charge on any atom is 0.0795 e. The summed E-state index contributed by atoms with van der Waals surface area (Å²) in [4.78, 5) is 0. The number of benzene rings is 1. The summed E-state index contributed by atoms with van der Waals surface area (Å²) in [7, 11) is 0. The molecule has 4 heteroatoms. The van der Waals surface area contributed by atoms with Crippen molar-refractivity contribution < 1.29 is 4.74 Å². The summed E-state index contributed by atoms with van der Waals surface area (Å²) in [5.74, 6) is 2.44. The minimum atomic E-state index is 0.167. The minimum Gasteiger partial charge on any atom is -0.374 e. The van der Waals surface area contributed by atoms with Gasteiger partial charge >= 0.3 is 0 Å². The molecule has 20 heavy (non-hydrogen) atoms. The van der Waals surface area contributed by atoms with Gasteiger partial charge in [0.25, 0.3) is 0 Å². The van der Waals surface area contributed by atoms with Crippen molar-refractivity contribution in [1.29, 1.82) is 0 Å². The van der Waals surface area contributed by atoms with Crippen molar-refractivity contribution in [2.45, 2.75) is 43.9 Å². The summed E-state index contributed by atoms with van der Waals surface area (Å²) in [6.07, 6.45) is 3.52. The van der Waals surface area contributed by atoms with Crippen LogP contribution in [0.2, 0.25) is 0 Å². The summed E-state index contributed by atoms with van der Waals surface area (Å²) < 4.78 is 7.23. The smallest absolute Gasteiger partial charge is 0.0795 e. The molecule has 0 saturated carbocycles. The van der Waals surface area contributed by atoms with E-state index in [4.69, 9.17) is 4.74 Å². The highest BCUT2D eigenvalue weighted by molar-refractivity contribution is 9.10. The van der Waals surface area contributed by atoms with Gasteiger partial charge < -0.3 is 10.1 Å². The Bertz CT molecular complexity index is 444. The second-order valence-electron chi connectivity index (χ2n) is 5.96. The van der Waals surface area contributed by atoms with Crippen LogP contribution in [0, 0.1) is 0 Å². The van der Waals surface area contributed by atoms with Gasteiger partial charge in [-0.15, -0.1) is 0 Å². The highest BCUT2D eigenvalue weighted by atomic mass is 79.9. The third-order valence-corrected chi connectivity index (χ3v) is 6.17. The van der Waals surface area contributed by atoms with Crippen molar-refractivity contribution in [3.63, 3.8) is 0 Å². The van der Waals surface area contributed by atoms with Gasteiger partial charge in [-0.2, -0.15) is 11.8 Å². The van der Waals surface area contributed by atoms with Crippen LogP contribution in [0.25, 0.3) is 0 Å². The predicted molar refractivity (Wildman–Crippen MR) is 89.3 cm³/mol. The summed E-state index contributed by atoms with van der Waals surface area (Å²) in [6.45, 7) is 3.17. The fourth-order valence-corrected chi connectivity index (χ4v) is 4.88. The number of hydrogen-bond acceptors (Lipinski definition) is 3. The molecule has 2 fully saturated rings. The standard InChI is InChI=1S/C16H22BrNOS/c1-12(13-2-4-14(17)5-3-13)18-15-6-8-19-16(10-15)7-9-20-11-16/h2-5,12,15,18H,6-11H2,1H3/t12-,15?,16?/m1/s1. The Morgan fingerprint density at radius 1 is 1.40 bits per heavy atom. The molecular weight excluding hydrogens is 334 g/mol. The monoisotopic (exact) mass is 355 g/mol. The zero-order valence-corrected chi connectivity index (χ0v) is 14.3. The van der Waals surface area contributed by atoms with E-state index < -0.39 is 0 Å². The van der Waals surface area contributed by atoms with E-state index in [0.29, 0.717) is 12.1 Å². The number of thioether (sulfide) groups is 1. The first-order chi connectivity index (χ1) is 9.67. The van der Waals surface area contributed by atoms with Crippen LogP contribution in [0.1, 0.15) is 37.8 Å². The number of rotatable bonds is 3. The van der Waals surface area contributed by atoms with E-state index in [2.05, 4.69) is 52.4 Å². The van der Waals surface area contributed by atoms with E-state index in [0.717, 1.165) is 17.5 Å². The van der Waals surface area contributed by atoms with Gasteiger partial charge in [0.2, 0.25) is 0 Å². The molecule has 0 bridgehead atoms. The lowest BCUT2D eigenvalue weighted by Gasteiger charge is -2.39. The van der Waals surface area contributed by atoms with E-state index >= 15 is 0 Å². The largest absolute Gasteiger partial charge is 0.374 e. The van der Waals surface area contributed by atoms with Gasteiger partial charge in [0, 0.05) is 28.9 Å². The topological polar surface area (TPSA) is 21.3 Å². The third kappa shape index (κ3) is 3.41. The lowest BCUT2D eigenvalue weighted by Crippen LogP contribution is -2.47. The minimum absolute atomic E-state index is 0.167. The van der Waals surface area contributed by atoms with E-state index in [1.807, 2.05) is 11.8 Å². The molecule has 0 aliphatic carbocycles. The van der Waals surface area contributed by atoms with Gasteiger partial charge in [-0.3, -0.25) is 0 Å². The molecule has 1 aromatic carbocycles. The molecule has 0 aromatic heterocycles. The molecule has 1 aromatic rings. The molecule has 3 rings (SSSR count). The third-order valence-electron chi connectivity index (χ3n) is 4.42. The molecule has 1 N–H and O–H groups in total. The first-order valence-corrected chi connectivity index (χ1v) is 9.35. The molecule has 3 atom stereocenters. The predicted octanol–water partition coefficient (Wildman–Crippen LogP) is 4.15. The average molecular weight is 356 g/mol. The fourth-order valence-electron chi connectivity index (χ4n) is 3.23. The first kappa shape index (κ1) is 14.9. The van der Waals surface area contributed by atoms with E-state index in [9.17, 15) is 0 Å². The molecule has 2 nitrogen and oxygen atoms in total. The van der Waals surface area contributed by atoms with Gasteiger partial charge in [0.15, 0.2) is 0 Å². The fraction of sp³-hybridized carbons (Fsp3) is 0.625. The number of nitrogens with one attached hydrogen (secondary N) is 1. The zero-order chi connectivity index (χ0) is 14.0. The van der Waals surface area contributed by atoms with Crippen molar-refractivity contribution in [2.75, 3.05) is 18.1 Å². The normalized spacial score (nSPS) is 31.6. The Hall–Kier alpha value is -0.0300. The maximum absolute atomic E-state index is 6.09. The number of ether oxygens (including phenoxy) is 1. The SMILES string of the molecule is C[C@@H](NC1CCOC2(CCSC2)C1)c1ccc(Br)cc1. The maximum atomic E-state index is 6.09. The summed E-state index contributed by atoms with van der Waals surface area (Å²) in [5, 5.41) is 3.80. The van der Waals surface area contributed by atoms with Crippen LogP contribution in [0.5, 0.6) is 0 Å². The van der Waals surface area contributed by atoms with E-state index in [1.165, 1.54) is 29.9 Å². The van der Waals surface area contributed by atoms with Crippen LogP contribution < -0.4 is 5.32 Å². The van der Waals surface area contributed by atoms with Gasteiger partial charge in [0.05, 0.1) is 5.60 Å². The van der Waals surface area contributed by atoms with Crippen LogP contribution >= 0.6 is 27.7 Å². The molecule has 1 spiro atoms. The van der Waals surface area contributed by atoms with Crippen LogP contribution in [0.3, 0.4) is 0 Å². The summed E-state index contributed by atoms with van der Waals surface area (Å²) >= 11 is 5.53.